The molecule has 0 aliphatic heterocycles. The number of fused-ring (bicyclic) bond motifs is 3. The van der Waals surface area contributed by atoms with Crippen LogP contribution in [0, 0.1) is 0 Å². The zero-order chi connectivity index (χ0) is 19.5. The van der Waals surface area contributed by atoms with E-state index in [0.717, 1.165) is 41.5 Å². The zero-order valence-electron chi connectivity index (χ0n) is 16.3. The minimum atomic E-state index is 0.633. The lowest BCUT2D eigenvalue weighted by molar-refractivity contribution is 0.356. The van der Waals surface area contributed by atoms with Crippen molar-refractivity contribution < 1.29 is 9.47 Å². The van der Waals surface area contributed by atoms with Crippen molar-refractivity contribution in [2.45, 2.75) is 19.8 Å². The molecule has 0 saturated carbocycles. The van der Waals surface area contributed by atoms with E-state index in [1.54, 1.807) is 18.7 Å². The number of benzene rings is 2. The smallest absolute Gasteiger partial charge is 0.226 e. The molecule has 0 amide bonds. The molecule has 7 nitrogen and oxygen atoms in total. The summed E-state index contributed by atoms with van der Waals surface area (Å²) in [6.07, 6.45) is 2.15. The molecule has 0 aliphatic carbocycles. The molecule has 2 aromatic heterocycles. The maximum Gasteiger partial charge on any atom is 0.226 e. The van der Waals surface area contributed by atoms with Crippen LogP contribution in [0.2, 0.25) is 0 Å². The molecule has 0 fully saturated rings. The Labute approximate surface area is 163 Å². The van der Waals surface area contributed by atoms with Gasteiger partial charge in [0.2, 0.25) is 5.95 Å². The number of hydrogen-bond donors (Lipinski definition) is 1. The van der Waals surface area contributed by atoms with Crippen LogP contribution in [-0.4, -0.2) is 40.3 Å². The van der Waals surface area contributed by atoms with Crippen molar-refractivity contribution in [1.82, 2.24) is 19.6 Å². The summed E-state index contributed by atoms with van der Waals surface area (Å²) in [5.41, 5.74) is 2.46. The van der Waals surface area contributed by atoms with Gasteiger partial charge in [0.15, 0.2) is 23.0 Å². The molecule has 0 spiro atoms. The molecule has 1 N–H and O–H groups in total. The fraction of sp³-hybridized carbons (Fsp3) is 0.286. The van der Waals surface area contributed by atoms with Gasteiger partial charge in [-0.3, -0.25) is 0 Å². The number of nitrogens with zero attached hydrogens (tertiary/aromatic N) is 4. The SMILES string of the molecule is CCCCNc1nc2cc(OC)c(OC)cc2c2nc(-c3ccccc3)nn12. The maximum atomic E-state index is 5.47. The average molecular weight is 377 g/mol. The molecule has 7 heteroatoms. The van der Waals surface area contributed by atoms with E-state index in [1.807, 2.05) is 42.5 Å². The first-order valence-corrected chi connectivity index (χ1v) is 9.37. The quantitative estimate of drug-likeness (QED) is 0.487. The van der Waals surface area contributed by atoms with Crippen LogP contribution < -0.4 is 14.8 Å². The van der Waals surface area contributed by atoms with Gasteiger partial charge in [-0.05, 0) is 12.5 Å². The Morgan fingerprint density at radius 1 is 1.00 bits per heavy atom. The van der Waals surface area contributed by atoms with Gasteiger partial charge < -0.3 is 14.8 Å². The van der Waals surface area contributed by atoms with Gasteiger partial charge in [-0.2, -0.15) is 4.52 Å². The molecule has 2 aromatic carbocycles. The molecule has 0 aliphatic rings. The number of unbranched alkanes of at least 4 members (excludes halogenated alkanes) is 1. The van der Waals surface area contributed by atoms with Crippen molar-refractivity contribution >= 4 is 22.5 Å². The van der Waals surface area contributed by atoms with Crippen LogP contribution in [0.4, 0.5) is 5.95 Å². The predicted octanol–water partition coefficient (Wildman–Crippen LogP) is 4.17. The summed E-state index contributed by atoms with van der Waals surface area (Å²) in [6.45, 7) is 2.98. The second-order valence-electron chi connectivity index (χ2n) is 6.48. The Hall–Kier alpha value is -3.35. The normalized spacial score (nSPS) is 11.1. The van der Waals surface area contributed by atoms with Crippen LogP contribution in [0.5, 0.6) is 11.5 Å². The van der Waals surface area contributed by atoms with Crippen molar-refractivity contribution in [2.75, 3.05) is 26.1 Å². The lowest BCUT2D eigenvalue weighted by Gasteiger charge is -2.11. The largest absolute Gasteiger partial charge is 0.493 e. The van der Waals surface area contributed by atoms with Crippen LogP contribution in [-0.2, 0) is 0 Å². The third kappa shape index (κ3) is 3.19. The van der Waals surface area contributed by atoms with Gasteiger partial charge in [-0.25, -0.2) is 9.97 Å². The summed E-state index contributed by atoms with van der Waals surface area (Å²) in [5.74, 6) is 2.59. The molecule has 0 bridgehead atoms. The molecule has 0 saturated heterocycles. The topological polar surface area (TPSA) is 73.6 Å². The highest BCUT2D eigenvalue weighted by molar-refractivity contribution is 5.95. The van der Waals surface area contributed by atoms with Crippen LogP contribution in [0.3, 0.4) is 0 Å². The van der Waals surface area contributed by atoms with Crippen LogP contribution >= 0.6 is 0 Å². The number of nitrogens with one attached hydrogen (secondary N) is 1. The van der Waals surface area contributed by atoms with Gasteiger partial charge in [0.1, 0.15) is 0 Å². The maximum absolute atomic E-state index is 5.47. The van der Waals surface area contributed by atoms with Crippen molar-refractivity contribution in [3.8, 4) is 22.9 Å². The van der Waals surface area contributed by atoms with Gasteiger partial charge >= 0.3 is 0 Å². The fourth-order valence-corrected chi connectivity index (χ4v) is 3.14. The molecule has 28 heavy (non-hydrogen) atoms. The Morgan fingerprint density at radius 2 is 1.75 bits per heavy atom. The molecular formula is C21H23N5O2. The molecule has 144 valence electrons. The van der Waals surface area contributed by atoms with Crippen molar-refractivity contribution in [3.05, 3.63) is 42.5 Å². The number of aromatic nitrogens is 4. The summed E-state index contributed by atoms with van der Waals surface area (Å²) in [4.78, 5) is 9.59. The second-order valence-corrected chi connectivity index (χ2v) is 6.48. The molecule has 4 rings (SSSR count). The standard InChI is InChI=1S/C21H23N5O2/c1-4-5-11-22-21-23-16-13-18(28-3)17(27-2)12-15(16)20-24-19(25-26(20)21)14-9-7-6-8-10-14/h6-10,12-13H,4-5,11H2,1-3H3,(H,22,23). The number of ether oxygens (including phenoxy) is 2. The lowest BCUT2D eigenvalue weighted by Crippen LogP contribution is -2.09. The molecule has 2 heterocycles. The Kier molecular flexibility index (Phi) is 4.97. The van der Waals surface area contributed by atoms with Crippen molar-refractivity contribution in [1.29, 1.82) is 0 Å². The number of methoxy groups -OCH3 is 2. The molecule has 0 atom stereocenters. The fourth-order valence-electron chi connectivity index (χ4n) is 3.14. The Bertz CT molecular complexity index is 1110. The molecular weight excluding hydrogens is 354 g/mol. The van der Waals surface area contributed by atoms with E-state index in [4.69, 9.17) is 24.5 Å². The Morgan fingerprint density at radius 3 is 2.46 bits per heavy atom. The minimum absolute atomic E-state index is 0.633. The van der Waals surface area contributed by atoms with Crippen molar-refractivity contribution in [3.63, 3.8) is 0 Å². The van der Waals surface area contributed by atoms with Crippen LogP contribution in [0.15, 0.2) is 42.5 Å². The van der Waals surface area contributed by atoms with E-state index in [9.17, 15) is 0 Å². The first-order chi connectivity index (χ1) is 13.7. The second kappa shape index (κ2) is 7.72. The third-order valence-corrected chi connectivity index (χ3v) is 4.62. The van der Waals surface area contributed by atoms with E-state index in [1.165, 1.54) is 0 Å². The molecule has 0 radical (unpaired) electrons. The monoisotopic (exact) mass is 377 g/mol. The van der Waals surface area contributed by atoms with E-state index >= 15 is 0 Å². The van der Waals surface area contributed by atoms with Gasteiger partial charge in [0, 0.05) is 23.6 Å². The van der Waals surface area contributed by atoms with E-state index in [-0.39, 0.29) is 0 Å². The highest BCUT2D eigenvalue weighted by atomic mass is 16.5. The van der Waals surface area contributed by atoms with Crippen molar-refractivity contribution in [2.24, 2.45) is 0 Å². The van der Waals surface area contributed by atoms with E-state index < -0.39 is 0 Å². The van der Waals surface area contributed by atoms with Crippen LogP contribution in [0.25, 0.3) is 27.9 Å². The summed E-state index contributed by atoms with van der Waals surface area (Å²) in [5, 5.41) is 8.96. The van der Waals surface area contributed by atoms with E-state index in [0.29, 0.717) is 23.3 Å². The number of anilines is 1. The summed E-state index contributed by atoms with van der Waals surface area (Å²) in [7, 11) is 3.24. The summed E-state index contributed by atoms with van der Waals surface area (Å²) in [6, 6.07) is 13.7. The first kappa shape index (κ1) is 18.0. The predicted molar refractivity (Wildman–Crippen MR) is 110 cm³/mol. The number of rotatable bonds is 7. The minimum Gasteiger partial charge on any atom is -0.493 e. The zero-order valence-corrected chi connectivity index (χ0v) is 16.3. The highest BCUT2D eigenvalue weighted by Gasteiger charge is 2.17. The molecule has 4 aromatic rings. The lowest BCUT2D eigenvalue weighted by atomic mass is 10.2. The van der Waals surface area contributed by atoms with Gasteiger partial charge in [0.25, 0.3) is 0 Å². The summed E-state index contributed by atoms with van der Waals surface area (Å²) < 4.78 is 12.7. The molecule has 0 unspecified atom stereocenters. The highest BCUT2D eigenvalue weighted by Crippen LogP contribution is 2.34. The van der Waals surface area contributed by atoms with Crippen LogP contribution in [0.1, 0.15) is 19.8 Å². The first-order valence-electron chi connectivity index (χ1n) is 9.37. The third-order valence-electron chi connectivity index (χ3n) is 4.62. The van der Waals surface area contributed by atoms with Gasteiger partial charge in [0.05, 0.1) is 19.7 Å². The van der Waals surface area contributed by atoms with Gasteiger partial charge in [-0.15, -0.1) is 5.10 Å². The number of hydrogen-bond acceptors (Lipinski definition) is 6. The Balaban J connectivity index is 1.96. The van der Waals surface area contributed by atoms with Gasteiger partial charge in [-0.1, -0.05) is 43.7 Å². The average Bonchev–Trinajstić information content (AvgIpc) is 3.19. The summed E-state index contributed by atoms with van der Waals surface area (Å²) >= 11 is 0. The van der Waals surface area contributed by atoms with E-state index in [2.05, 4.69) is 12.2 Å².